The van der Waals surface area contributed by atoms with Gasteiger partial charge in [0.05, 0.1) is 13.2 Å². The van der Waals surface area contributed by atoms with Crippen molar-refractivity contribution in [2.24, 2.45) is 5.41 Å². The van der Waals surface area contributed by atoms with Gasteiger partial charge >= 0.3 is 5.97 Å². The Hall–Kier alpha value is -1.58. The monoisotopic (exact) mass is 294 g/mol. The highest BCUT2D eigenvalue weighted by molar-refractivity contribution is 6.01. The van der Waals surface area contributed by atoms with Crippen molar-refractivity contribution in [3.05, 3.63) is 23.0 Å². The Balaban J connectivity index is 2.93. The molecule has 1 unspecified atom stereocenters. The van der Waals surface area contributed by atoms with Gasteiger partial charge in [0.1, 0.15) is 5.76 Å². The lowest BCUT2D eigenvalue weighted by molar-refractivity contribution is -0.139. The van der Waals surface area contributed by atoms with E-state index in [1.54, 1.807) is 19.9 Å². The summed E-state index contributed by atoms with van der Waals surface area (Å²) in [6.45, 7) is 10.1. The number of ether oxygens (including phenoxy) is 2. The van der Waals surface area contributed by atoms with E-state index in [0.717, 1.165) is 12.2 Å². The predicted octanol–water partition coefficient (Wildman–Crippen LogP) is 3.57. The van der Waals surface area contributed by atoms with Gasteiger partial charge in [-0.15, -0.1) is 0 Å². The fourth-order valence-electron chi connectivity index (χ4n) is 2.73. The number of hydrogen-bond donors (Lipinski definition) is 0. The minimum Gasteiger partial charge on any atom is -0.498 e. The minimum absolute atomic E-state index is 0.0702. The third-order valence-electron chi connectivity index (χ3n) is 4.00. The second-order valence-corrected chi connectivity index (χ2v) is 5.58. The van der Waals surface area contributed by atoms with Crippen LogP contribution in [0.25, 0.3) is 0 Å². The van der Waals surface area contributed by atoms with E-state index < -0.39 is 5.41 Å². The molecule has 0 aromatic carbocycles. The first-order valence-electron chi connectivity index (χ1n) is 7.59. The van der Waals surface area contributed by atoms with Gasteiger partial charge in [0.15, 0.2) is 5.78 Å². The number of esters is 1. The van der Waals surface area contributed by atoms with Crippen LogP contribution in [-0.4, -0.2) is 25.0 Å². The molecule has 0 N–H and O–H groups in total. The van der Waals surface area contributed by atoms with Crippen molar-refractivity contribution < 1.29 is 19.1 Å². The van der Waals surface area contributed by atoms with Crippen molar-refractivity contribution in [3.8, 4) is 0 Å². The van der Waals surface area contributed by atoms with Gasteiger partial charge in [0.2, 0.25) is 0 Å². The average molecular weight is 294 g/mol. The average Bonchev–Trinajstić information content (AvgIpc) is 2.46. The van der Waals surface area contributed by atoms with E-state index in [-0.39, 0.29) is 11.8 Å². The molecule has 4 nitrogen and oxygen atoms in total. The number of carbonyl (C=O) groups is 2. The van der Waals surface area contributed by atoms with Crippen molar-refractivity contribution in [2.75, 3.05) is 13.2 Å². The number of Topliss-reactive ketones (excluding diaryl/α,β-unsaturated/α-hetero) is 1. The predicted molar refractivity (Wildman–Crippen MR) is 81.7 cm³/mol. The van der Waals surface area contributed by atoms with E-state index in [0.29, 0.717) is 37.2 Å². The van der Waals surface area contributed by atoms with Gasteiger partial charge < -0.3 is 9.47 Å². The minimum atomic E-state index is -0.556. The van der Waals surface area contributed by atoms with Gasteiger partial charge in [-0.25, -0.2) is 4.79 Å². The Labute approximate surface area is 127 Å². The van der Waals surface area contributed by atoms with E-state index in [2.05, 4.69) is 0 Å². The van der Waals surface area contributed by atoms with Gasteiger partial charge in [0.25, 0.3) is 0 Å². The summed E-state index contributed by atoms with van der Waals surface area (Å²) >= 11 is 0. The maximum atomic E-state index is 12.6. The third-order valence-corrected chi connectivity index (χ3v) is 4.00. The highest BCUT2D eigenvalue weighted by Crippen LogP contribution is 2.41. The number of carbonyl (C=O) groups excluding carboxylic acids is 2. The van der Waals surface area contributed by atoms with E-state index in [1.807, 2.05) is 20.8 Å². The summed E-state index contributed by atoms with van der Waals surface area (Å²) < 4.78 is 10.6. The fraction of sp³-hybridized carbons (Fsp3) is 0.647. The number of ketones is 1. The summed E-state index contributed by atoms with van der Waals surface area (Å²) in [5.41, 5.74) is 0.699. The molecule has 0 fully saturated rings. The van der Waals surface area contributed by atoms with Crippen LogP contribution in [0.15, 0.2) is 23.0 Å². The molecule has 0 heterocycles. The first kappa shape index (κ1) is 17.5. The molecular weight excluding hydrogens is 268 g/mol. The third kappa shape index (κ3) is 3.96. The maximum absolute atomic E-state index is 12.6. The number of allylic oxidation sites excluding steroid dienone is 3. The summed E-state index contributed by atoms with van der Waals surface area (Å²) in [7, 11) is 0. The molecule has 21 heavy (non-hydrogen) atoms. The van der Waals surface area contributed by atoms with Gasteiger partial charge in [-0.05, 0) is 40.5 Å². The van der Waals surface area contributed by atoms with Gasteiger partial charge in [-0.1, -0.05) is 13.0 Å². The second-order valence-electron chi connectivity index (χ2n) is 5.58. The van der Waals surface area contributed by atoms with Crippen LogP contribution in [0.3, 0.4) is 0 Å². The van der Waals surface area contributed by atoms with E-state index in [1.165, 1.54) is 0 Å². The summed E-state index contributed by atoms with van der Waals surface area (Å²) in [6, 6.07) is 0. The molecule has 0 aromatic rings. The van der Waals surface area contributed by atoms with Crippen LogP contribution in [0.5, 0.6) is 0 Å². The Bertz CT molecular complexity index is 473. The van der Waals surface area contributed by atoms with Crippen LogP contribution < -0.4 is 0 Å². The van der Waals surface area contributed by atoms with Crippen molar-refractivity contribution in [2.45, 2.75) is 53.9 Å². The van der Waals surface area contributed by atoms with Crippen LogP contribution in [0.4, 0.5) is 0 Å². The molecule has 0 saturated heterocycles. The Morgan fingerprint density at radius 3 is 2.52 bits per heavy atom. The van der Waals surface area contributed by atoms with Crippen LogP contribution in [0.2, 0.25) is 0 Å². The highest BCUT2D eigenvalue weighted by Gasteiger charge is 2.40. The van der Waals surface area contributed by atoms with E-state index in [4.69, 9.17) is 9.47 Å². The second kappa shape index (κ2) is 7.43. The topological polar surface area (TPSA) is 52.6 Å². The lowest BCUT2D eigenvalue weighted by Gasteiger charge is -2.34. The Kier molecular flexibility index (Phi) is 6.19. The van der Waals surface area contributed by atoms with Crippen LogP contribution in [0.1, 0.15) is 53.9 Å². The quantitative estimate of drug-likeness (QED) is 0.555. The molecule has 1 atom stereocenters. The highest BCUT2D eigenvalue weighted by atomic mass is 16.5. The summed E-state index contributed by atoms with van der Waals surface area (Å²) in [5.74, 6) is 0.533. The molecule has 0 amide bonds. The molecule has 1 aliphatic rings. The summed E-state index contributed by atoms with van der Waals surface area (Å²) in [4.78, 5) is 24.6. The largest absolute Gasteiger partial charge is 0.498 e. The zero-order chi connectivity index (χ0) is 16.0. The van der Waals surface area contributed by atoms with Gasteiger partial charge in [-0.3, -0.25) is 4.79 Å². The normalized spacial score (nSPS) is 23.3. The van der Waals surface area contributed by atoms with Crippen molar-refractivity contribution in [1.82, 2.24) is 0 Å². The molecule has 118 valence electrons. The van der Waals surface area contributed by atoms with Crippen molar-refractivity contribution in [3.63, 3.8) is 0 Å². The van der Waals surface area contributed by atoms with Crippen molar-refractivity contribution in [1.29, 1.82) is 0 Å². The lowest BCUT2D eigenvalue weighted by atomic mass is 9.70. The first-order chi connectivity index (χ1) is 9.89. The van der Waals surface area contributed by atoms with Crippen LogP contribution >= 0.6 is 0 Å². The summed E-state index contributed by atoms with van der Waals surface area (Å²) in [6.07, 6.45) is 3.59. The standard InChI is InChI=1S/C17H26O4/c1-6-13(16(19)21-8-3)11-17(5)10-9-14(20-7-2)12(4)15(17)18/h6H,7-11H2,1-5H3/b13-6+. The lowest BCUT2D eigenvalue weighted by Crippen LogP contribution is -2.34. The molecule has 0 saturated carbocycles. The van der Waals surface area contributed by atoms with E-state index >= 15 is 0 Å². The van der Waals surface area contributed by atoms with Gasteiger partial charge in [0, 0.05) is 23.0 Å². The van der Waals surface area contributed by atoms with Crippen molar-refractivity contribution >= 4 is 11.8 Å². The zero-order valence-electron chi connectivity index (χ0n) is 13.7. The van der Waals surface area contributed by atoms with Gasteiger partial charge in [-0.2, -0.15) is 0 Å². The molecule has 0 radical (unpaired) electrons. The fourth-order valence-corrected chi connectivity index (χ4v) is 2.73. The molecule has 0 aliphatic heterocycles. The Morgan fingerprint density at radius 1 is 1.33 bits per heavy atom. The molecule has 0 aromatic heterocycles. The summed E-state index contributed by atoms with van der Waals surface area (Å²) in [5, 5.41) is 0. The van der Waals surface area contributed by atoms with E-state index in [9.17, 15) is 9.59 Å². The Morgan fingerprint density at radius 2 is 2.00 bits per heavy atom. The number of rotatable bonds is 6. The smallest absolute Gasteiger partial charge is 0.333 e. The molecule has 4 heteroatoms. The zero-order valence-corrected chi connectivity index (χ0v) is 13.7. The number of hydrogen-bond acceptors (Lipinski definition) is 4. The first-order valence-corrected chi connectivity index (χ1v) is 7.59. The molecular formula is C17H26O4. The maximum Gasteiger partial charge on any atom is 0.333 e. The SMILES string of the molecule is C/C=C(\CC1(C)CCC(OCC)=C(C)C1=O)C(=O)OCC. The molecule has 0 bridgehead atoms. The molecule has 1 rings (SSSR count). The molecule has 0 spiro atoms. The van der Waals surface area contributed by atoms with Crippen LogP contribution in [-0.2, 0) is 19.1 Å². The molecule has 1 aliphatic carbocycles. The van der Waals surface area contributed by atoms with Crippen LogP contribution in [0, 0.1) is 5.41 Å².